The number of fused-ring (bicyclic) bond motifs is 1. The molecule has 0 atom stereocenters. The first-order valence-electron chi connectivity index (χ1n) is 8.55. The molecule has 1 aliphatic heterocycles. The van der Waals surface area contributed by atoms with Crippen LogP contribution >= 0.6 is 22.9 Å². The fraction of sp³-hybridized carbons (Fsp3) is 0.389. The molecule has 1 saturated heterocycles. The molecule has 142 valence electrons. The maximum atomic E-state index is 12.7. The van der Waals surface area contributed by atoms with Gasteiger partial charge in [-0.1, -0.05) is 18.2 Å². The molecule has 3 heterocycles. The third-order valence-electron chi connectivity index (χ3n) is 4.78. The molecule has 0 unspecified atom stereocenters. The first-order valence-corrected chi connectivity index (χ1v) is 10.2. The van der Waals surface area contributed by atoms with E-state index in [1.165, 1.54) is 11.5 Å². The summed E-state index contributed by atoms with van der Waals surface area (Å²) >= 11 is 2.44. The molecule has 0 bridgehead atoms. The van der Waals surface area contributed by atoms with Crippen LogP contribution in [0.15, 0.2) is 29.6 Å². The Morgan fingerprint density at radius 1 is 1.22 bits per heavy atom. The van der Waals surface area contributed by atoms with Gasteiger partial charge >= 0.3 is 6.18 Å². The smallest absolute Gasteiger partial charge is 0.342 e. The van der Waals surface area contributed by atoms with Gasteiger partial charge in [0, 0.05) is 29.8 Å². The zero-order valence-electron chi connectivity index (χ0n) is 14.2. The number of halogens is 3. The highest BCUT2D eigenvalue weighted by molar-refractivity contribution is 7.13. The van der Waals surface area contributed by atoms with E-state index in [1.807, 2.05) is 24.3 Å². The lowest BCUT2D eigenvalue weighted by molar-refractivity contribution is -0.140. The number of hydrogen-bond acceptors (Lipinski definition) is 5. The number of benzene rings is 1. The van der Waals surface area contributed by atoms with Crippen LogP contribution in [0.25, 0.3) is 10.1 Å². The third kappa shape index (κ3) is 3.84. The molecule has 27 heavy (non-hydrogen) atoms. The molecule has 0 radical (unpaired) electrons. The molecule has 2 aromatic heterocycles. The lowest BCUT2D eigenvalue weighted by Crippen LogP contribution is -2.38. The lowest BCUT2D eigenvalue weighted by Gasteiger charge is -2.31. The molecule has 4 rings (SSSR count). The Bertz CT molecular complexity index is 958. The summed E-state index contributed by atoms with van der Waals surface area (Å²) in [5, 5.41) is 2.59. The van der Waals surface area contributed by atoms with Crippen molar-refractivity contribution in [3.8, 4) is 0 Å². The average molecular weight is 411 g/mol. The van der Waals surface area contributed by atoms with Gasteiger partial charge in [0.05, 0.1) is 21.8 Å². The number of carbonyl (C=O) groups is 1. The van der Waals surface area contributed by atoms with Crippen molar-refractivity contribution in [2.75, 3.05) is 13.1 Å². The fourth-order valence-corrected chi connectivity index (χ4v) is 5.09. The minimum absolute atomic E-state index is 0.0135. The first-order chi connectivity index (χ1) is 12.9. The Hall–Kier alpha value is -2.00. The van der Waals surface area contributed by atoms with Gasteiger partial charge in [-0.05, 0) is 30.4 Å². The van der Waals surface area contributed by atoms with Crippen LogP contribution in [-0.2, 0) is 17.4 Å². The van der Waals surface area contributed by atoms with Crippen molar-refractivity contribution < 1.29 is 18.0 Å². The predicted molar refractivity (Wildman–Crippen MR) is 99.0 cm³/mol. The molecule has 0 saturated carbocycles. The molecule has 9 heteroatoms. The molecular weight excluding hydrogens is 395 g/mol. The van der Waals surface area contributed by atoms with Crippen molar-refractivity contribution in [1.29, 1.82) is 0 Å². The molecule has 1 amide bonds. The second-order valence-electron chi connectivity index (χ2n) is 6.53. The Balaban J connectivity index is 1.37. The van der Waals surface area contributed by atoms with Gasteiger partial charge in [0.2, 0.25) is 5.91 Å². The summed E-state index contributed by atoms with van der Waals surface area (Å²) in [6.07, 6.45) is -2.88. The standard InChI is InChI=1S/C18H16F3N3OS2/c19-18(20,21)15-10-26-17(22-15)11-5-7-24(8-6-11)16(25)9-13-12-3-1-2-4-14(12)27-23-13/h1-4,10-11H,5-9H2. The molecule has 3 aromatic rings. The van der Waals surface area contributed by atoms with E-state index < -0.39 is 11.9 Å². The van der Waals surface area contributed by atoms with Crippen molar-refractivity contribution in [3.05, 3.63) is 46.0 Å². The zero-order chi connectivity index (χ0) is 19.0. The Morgan fingerprint density at radius 2 is 1.96 bits per heavy atom. The number of carbonyl (C=O) groups excluding carboxylic acids is 1. The number of piperidine rings is 1. The molecule has 0 N–H and O–H groups in total. The van der Waals surface area contributed by atoms with Gasteiger partial charge in [-0.2, -0.15) is 17.5 Å². The third-order valence-corrected chi connectivity index (χ3v) is 6.65. The molecule has 1 aliphatic rings. The van der Waals surface area contributed by atoms with Crippen molar-refractivity contribution in [3.63, 3.8) is 0 Å². The summed E-state index contributed by atoms with van der Waals surface area (Å²) in [4.78, 5) is 18.1. The summed E-state index contributed by atoms with van der Waals surface area (Å²) in [7, 11) is 0. The molecule has 0 aliphatic carbocycles. The summed E-state index contributed by atoms with van der Waals surface area (Å²) in [5.74, 6) is -0.00475. The van der Waals surface area contributed by atoms with Crippen LogP contribution < -0.4 is 0 Å². The van der Waals surface area contributed by atoms with Crippen molar-refractivity contribution in [2.24, 2.45) is 0 Å². The summed E-state index contributed by atoms with van der Waals surface area (Å²) in [5.41, 5.74) is -0.0334. The van der Waals surface area contributed by atoms with Crippen LogP contribution in [0.5, 0.6) is 0 Å². The maximum absolute atomic E-state index is 12.7. The Morgan fingerprint density at radius 3 is 2.67 bits per heavy atom. The van der Waals surface area contributed by atoms with Gasteiger partial charge in [0.25, 0.3) is 0 Å². The Labute approximate surface area is 161 Å². The van der Waals surface area contributed by atoms with Gasteiger partial charge in [0.15, 0.2) is 5.69 Å². The highest BCUT2D eigenvalue weighted by Gasteiger charge is 2.35. The second kappa shape index (κ2) is 7.20. The first kappa shape index (κ1) is 18.4. The number of nitrogens with zero attached hydrogens (tertiary/aromatic N) is 3. The second-order valence-corrected chi connectivity index (χ2v) is 8.22. The minimum atomic E-state index is -4.40. The van der Waals surface area contributed by atoms with Crippen molar-refractivity contribution in [2.45, 2.75) is 31.4 Å². The predicted octanol–water partition coefficient (Wildman–Crippen LogP) is 4.72. The van der Waals surface area contributed by atoms with Crippen LogP contribution in [0.2, 0.25) is 0 Å². The fourth-order valence-electron chi connectivity index (χ4n) is 3.30. The molecule has 1 aromatic carbocycles. The van der Waals surface area contributed by atoms with Crippen LogP contribution in [0.1, 0.15) is 35.2 Å². The Kier molecular flexibility index (Phi) is 4.90. The number of aromatic nitrogens is 2. The topological polar surface area (TPSA) is 46.1 Å². The van der Waals surface area contributed by atoms with Gasteiger partial charge in [-0.25, -0.2) is 4.98 Å². The number of likely N-dealkylation sites (tertiary alicyclic amines) is 1. The zero-order valence-corrected chi connectivity index (χ0v) is 15.8. The van der Waals surface area contributed by atoms with Crippen LogP contribution in [-0.4, -0.2) is 33.3 Å². The summed E-state index contributed by atoms with van der Waals surface area (Å²) in [6.45, 7) is 1.07. The van der Waals surface area contributed by atoms with Gasteiger partial charge in [-0.15, -0.1) is 11.3 Å². The maximum Gasteiger partial charge on any atom is 0.434 e. The van der Waals surface area contributed by atoms with Crippen molar-refractivity contribution >= 4 is 38.9 Å². The highest BCUT2D eigenvalue weighted by Crippen LogP contribution is 2.35. The van der Waals surface area contributed by atoms with Crippen molar-refractivity contribution in [1.82, 2.24) is 14.3 Å². The summed E-state index contributed by atoms with van der Waals surface area (Å²) < 4.78 is 43.6. The van der Waals surface area contributed by atoms with Crippen LogP contribution in [0, 0.1) is 0 Å². The number of hydrogen-bond donors (Lipinski definition) is 0. The largest absolute Gasteiger partial charge is 0.434 e. The van der Waals surface area contributed by atoms with Gasteiger partial charge < -0.3 is 4.90 Å². The van der Waals surface area contributed by atoms with E-state index in [-0.39, 0.29) is 18.2 Å². The van der Waals surface area contributed by atoms with E-state index in [4.69, 9.17) is 0 Å². The normalized spacial score (nSPS) is 16.2. The van der Waals surface area contributed by atoms with E-state index in [0.29, 0.717) is 30.9 Å². The number of alkyl halides is 3. The van der Waals surface area contributed by atoms with Gasteiger partial charge in [-0.3, -0.25) is 4.79 Å². The molecular formula is C18H16F3N3OS2. The number of thiazole rings is 1. The van der Waals surface area contributed by atoms with E-state index in [0.717, 1.165) is 32.5 Å². The number of rotatable bonds is 3. The summed E-state index contributed by atoms with van der Waals surface area (Å²) in [6, 6.07) is 7.82. The number of amides is 1. The molecule has 4 nitrogen and oxygen atoms in total. The quantitative estimate of drug-likeness (QED) is 0.627. The highest BCUT2D eigenvalue weighted by atomic mass is 32.1. The van der Waals surface area contributed by atoms with E-state index in [2.05, 4.69) is 9.36 Å². The van der Waals surface area contributed by atoms with E-state index in [9.17, 15) is 18.0 Å². The van der Waals surface area contributed by atoms with Gasteiger partial charge in [0.1, 0.15) is 0 Å². The molecule has 0 spiro atoms. The van der Waals surface area contributed by atoms with Crippen LogP contribution in [0.4, 0.5) is 13.2 Å². The van der Waals surface area contributed by atoms with E-state index in [1.54, 1.807) is 4.90 Å². The van der Waals surface area contributed by atoms with E-state index >= 15 is 0 Å². The SMILES string of the molecule is O=C(Cc1nsc2ccccc12)N1CCC(c2nc(C(F)(F)F)cs2)CC1. The minimum Gasteiger partial charge on any atom is -0.342 e. The molecule has 1 fully saturated rings. The van der Waals surface area contributed by atoms with Crippen LogP contribution in [0.3, 0.4) is 0 Å². The average Bonchev–Trinajstić information content (AvgIpc) is 3.30. The monoisotopic (exact) mass is 411 g/mol. The lowest BCUT2D eigenvalue weighted by atomic mass is 9.97.